The maximum atomic E-state index is 13.3. The summed E-state index contributed by atoms with van der Waals surface area (Å²) in [6.07, 6.45) is 0. The number of hydrogen-bond donors (Lipinski definition) is 0. The summed E-state index contributed by atoms with van der Waals surface area (Å²) in [6.45, 7) is 0. The van der Waals surface area contributed by atoms with E-state index in [0.717, 1.165) is 0 Å². The Morgan fingerprint density at radius 3 is 0.183 bits per heavy atom. The number of halogens is 40. The van der Waals surface area contributed by atoms with Crippen molar-refractivity contribution in [1.29, 1.82) is 0 Å². The summed E-state index contributed by atoms with van der Waals surface area (Å²) in [5.41, 5.74) is -16.9. The largest absolute Gasteiger partial charge is 4.00 e. The van der Waals surface area contributed by atoms with Gasteiger partial charge < -0.3 is 21.3 Å². The van der Waals surface area contributed by atoms with E-state index in [4.69, 9.17) is 0 Å². The molecular formula is C48F40N4U. The van der Waals surface area contributed by atoms with Gasteiger partial charge in [-0.15, -0.1) is 0 Å². The third-order valence-electron chi connectivity index (χ3n) is 10.4. The Morgan fingerprint density at radius 1 is 0.0860 bits per heavy atom. The van der Waals surface area contributed by atoms with Crippen molar-refractivity contribution in [3.8, 4) is 0 Å². The molecule has 496 valence electrons. The first-order valence-corrected chi connectivity index (χ1v) is 21.3. The molecule has 0 aliphatic carbocycles. The van der Waals surface area contributed by atoms with Crippen molar-refractivity contribution in [3.63, 3.8) is 0 Å². The zero-order chi connectivity index (χ0) is 70.5. The van der Waals surface area contributed by atoms with Crippen LogP contribution in [0.15, 0.2) is 0 Å². The summed E-state index contributed by atoms with van der Waals surface area (Å²) in [4.78, 5) is 0. The van der Waals surface area contributed by atoms with E-state index in [1.807, 2.05) is 0 Å². The normalized spacial score (nSPS) is 10.9. The standard InChI is InChI=1S/4C12F10N.U/c4*13-1-3(15)7(19)11(8(20)4(1)16)23-12-9(21)5(17)2(14)6(18)10(12)22;/q4*-1;+4. The topological polar surface area (TPSA) is 56.4 Å². The Hall–Kier alpha value is -8.79. The summed E-state index contributed by atoms with van der Waals surface area (Å²) in [6, 6.07) is 0. The van der Waals surface area contributed by atoms with Crippen molar-refractivity contribution >= 4 is 45.5 Å². The number of benzene rings is 8. The van der Waals surface area contributed by atoms with Crippen molar-refractivity contribution in [1.82, 2.24) is 0 Å². The molecule has 0 N–H and O–H groups in total. The minimum Gasteiger partial charge on any atom is -0.648 e. The van der Waals surface area contributed by atoms with Crippen LogP contribution in [0.5, 0.6) is 0 Å². The summed E-state index contributed by atoms with van der Waals surface area (Å²) >= 11 is 0. The maximum absolute atomic E-state index is 13.3. The van der Waals surface area contributed by atoms with Gasteiger partial charge in [-0.25, -0.2) is 176 Å². The van der Waals surface area contributed by atoms with Gasteiger partial charge in [0.05, 0.1) is 0 Å². The number of rotatable bonds is 8. The summed E-state index contributed by atoms with van der Waals surface area (Å²) in [5.74, 6) is -103. The van der Waals surface area contributed by atoms with Crippen LogP contribution in [0.25, 0.3) is 21.3 Å². The molecule has 0 spiro atoms. The van der Waals surface area contributed by atoms with Gasteiger partial charge in [0.25, 0.3) is 0 Å². The predicted molar refractivity (Wildman–Crippen MR) is 221 cm³/mol. The van der Waals surface area contributed by atoms with E-state index in [9.17, 15) is 176 Å². The predicted octanol–water partition coefficient (Wildman–Crippen LogP) is 21.7. The first kappa shape index (κ1) is 76.7. The quantitative estimate of drug-likeness (QED) is 0.0827. The van der Waals surface area contributed by atoms with E-state index < -0.39 is 278 Å². The van der Waals surface area contributed by atoms with Gasteiger partial charge in [-0.3, -0.25) is 0 Å². The third kappa shape index (κ3) is 13.8. The van der Waals surface area contributed by atoms with Crippen LogP contribution in [-0.4, -0.2) is 0 Å². The second kappa shape index (κ2) is 29.0. The van der Waals surface area contributed by atoms with Crippen molar-refractivity contribution in [3.05, 3.63) is 254 Å². The molecule has 0 saturated heterocycles. The molecule has 4 nitrogen and oxygen atoms in total. The van der Waals surface area contributed by atoms with Crippen LogP contribution in [0, 0.1) is 264 Å². The zero-order valence-corrected chi connectivity index (χ0v) is 45.6. The molecule has 8 rings (SSSR count). The van der Waals surface area contributed by atoms with E-state index in [-0.39, 0.29) is 31.1 Å². The van der Waals surface area contributed by atoms with E-state index in [2.05, 4.69) is 21.3 Å². The van der Waals surface area contributed by atoms with E-state index in [0.29, 0.717) is 0 Å². The molecule has 8 aromatic rings. The SMILES string of the molecule is Fc1c(F)c(F)c([N-]c2c(F)c(F)c(F)c(F)c2F)c(F)c1F.Fc1c(F)c(F)c([N-]c2c(F)c(F)c(F)c(F)c2F)c(F)c1F.Fc1c(F)c(F)c([N-]c2c(F)c(F)c(F)c(F)c2F)c(F)c1F.Fc1c(F)c(F)c([N-]c2c(F)c(F)c(F)c(F)c2F)c(F)c1F.[U+4]. The molecule has 0 bridgehead atoms. The zero-order valence-electron chi connectivity index (χ0n) is 41.4. The molecule has 0 heterocycles. The Morgan fingerprint density at radius 2 is 0.129 bits per heavy atom. The molecule has 0 fully saturated rings. The van der Waals surface area contributed by atoms with Crippen LogP contribution in [0.3, 0.4) is 0 Å². The molecule has 0 atom stereocenters. The van der Waals surface area contributed by atoms with Gasteiger partial charge in [0.1, 0.15) is 93.1 Å². The van der Waals surface area contributed by atoms with Crippen LogP contribution in [0.1, 0.15) is 0 Å². The smallest absolute Gasteiger partial charge is 0.648 e. The second-order valence-corrected chi connectivity index (χ2v) is 15.8. The van der Waals surface area contributed by atoms with E-state index >= 15 is 0 Å². The fourth-order valence-corrected chi connectivity index (χ4v) is 5.98. The Bertz CT molecular complexity index is 3320. The van der Waals surface area contributed by atoms with E-state index in [1.54, 1.807) is 0 Å². The molecule has 93 heavy (non-hydrogen) atoms. The first-order chi connectivity index (χ1) is 42.4. The van der Waals surface area contributed by atoms with Gasteiger partial charge >= 0.3 is 31.1 Å². The fraction of sp³-hybridized carbons (Fsp3) is 0. The molecule has 0 unspecified atom stereocenters. The average molecular weight is 1630 g/mol. The van der Waals surface area contributed by atoms with Crippen LogP contribution in [-0.2, 0) is 0 Å². The van der Waals surface area contributed by atoms with Crippen LogP contribution in [0.2, 0.25) is 0 Å². The number of hydrogen-bond acceptors (Lipinski definition) is 0. The number of nitrogens with zero attached hydrogens (tertiary/aromatic N) is 4. The van der Waals surface area contributed by atoms with Crippen LogP contribution < -0.4 is 0 Å². The third-order valence-corrected chi connectivity index (χ3v) is 10.4. The molecule has 8 aromatic carbocycles. The summed E-state index contributed by atoms with van der Waals surface area (Å²) < 4.78 is 522. The van der Waals surface area contributed by atoms with Gasteiger partial charge in [-0.1, -0.05) is 45.5 Å². The molecule has 0 radical (unpaired) electrons. The van der Waals surface area contributed by atoms with E-state index in [1.165, 1.54) is 0 Å². The minimum atomic E-state index is -2.59. The average Bonchev–Trinajstić information content (AvgIpc) is 0.793. The molecule has 0 aromatic heterocycles. The maximum Gasteiger partial charge on any atom is 4.00 e. The van der Waals surface area contributed by atoms with Crippen molar-refractivity contribution in [2.45, 2.75) is 0 Å². The monoisotopic (exact) mass is 1630 g/mol. The first-order valence-electron chi connectivity index (χ1n) is 21.3. The van der Waals surface area contributed by atoms with Crippen LogP contribution >= 0.6 is 0 Å². The van der Waals surface area contributed by atoms with Gasteiger partial charge in [0.15, 0.2) is 140 Å². The minimum absolute atomic E-state index is 0. The van der Waals surface area contributed by atoms with Crippen molar-refractivity contribution in [2.24, 2.45) is 0 Å². The Kier molecular flexibility index (Phi) is 23.9. The molecule has 0 aliphatic heterocycles. The van der Waals surface area contributed by atoms with Gasteiger partial charge in [0, 0.05) is 0 Å². The molecule has 45 heteroatoms. The fourth-order valence-electron chi connectivity index (χ4n) is 5.98. The van der Waals surface area contributed by atoms with Gasteiger partial charge in [-0.2, -0.15) is 0 Å². The molecule has 0 saturated carbocycles. The summed E-state index contributed by atoms with van der Waals surface area (Å²) in [7, 11) is 0. The molecule has 0 aliphatic rings. The van der Waals surface area contributed by atoms with Gasteiger partial charge in [-0.05, 0) is 0 Å². The van der Waals surface area contributed by atoms with Crippen molar-refractivity contribution in [2.75, 3.05) is 0 Å². The van der Waals surface area contributed by atoms with Crippen LogP contribution in [0.4, 0.5) is 221 Å². The molecular weight excluding hydrogens is 1630 g/mol. The van der Waals surface area contributed by atoms with Gasteiger partial charge in [0.2, 0.25) is 0 Å². The molecule has 0 amide bonds. The second-order valence-electron chi connectivity index (χ2n) is 15.8. The Balaban J connectivity index is 0.000000263. The Labute approximate surface area is 505 Å². The summed E-state index contributed by atoms with van der Waals surface area (Å²) in [5, 5.41) is 9.49. The van der Waals surface area contributed by atoms with Crippen molar-refractivity contribution < 1.29 is 207 Å².